The van der Waals surface area contributed by atoms with Crippen molar-refractivity contribution >= 4 is 15.9 Å². The van der Waals surface area contributed by atoms with Gasteiger partial charge in [0.1, 0.15) is 17.7 Å². The van der Waals surface area contributed by atoms with Gasteiger partial charge in [0.2, 0.25) is 0 Å². The minimum Gasteiger partial charge on any atom is -0.487 e. The summed E-state index contributed by atoms with van der Waals surface area (Å²) < 4.78 is 19.3. The number of rotatable bonds is 2. The molecule has 2 rings (SSSR count). The summed E-state index contributed by atoms with van der Waals surface area (Å²) >= 11 is 3.27. The monoisotopic (exact) mass is 302 g/mol. The second kappa shape index (κ2) is 5.83. The highest BCUT2D eigenvalue weighted by Crippen LogP contribution is 2.29. The fourth-order valence-electron chi connectivity index (χ4n) is 2.13. The van der Waals surface area contributed by atoms with Crippen molar-refractivity contribution in [2.75, 3.05) is 0 Å². The Hall–Kier alpha value is -0.610. The van der Waals surface area contributed by atoms with Gasteiger partial charge in [0.25, 0.3) is 0 Å². The Balaban J connectivity index is 2.08. The van der Waals surface area contributed by atoms with E-state index in [1.807, 2.05) is 0 Å². The van der Waals surface area contributed by atoms with Crippen LogP contribution in [0.25, 0.3) is 0 Å². The van der Waals surface area contributed by atoms with Crippen molar-refractivity contribution in [1.29, 1.82) is 0 Å². The maximum absolute atomic E-state index is 12.9. The van der Waals surface area contributed by atoms with Gasteiger partial charge in [0, 0.05) is 0 Å². The molecule has 1 aliphatic rings. The van der Waals surface area contributed by atoms with Crippen LogP contribution in [-0.2, 0) is 0 Å². The van der Waals surface area contributed by atoms with Gasteiger partial charge in [0.05, 0.1) is 10.6 Å². The number of aliphatic hydroxyl groups is 1. The van der Waals surface area contributed by atoms with E-state index in [1.165, 1.54) is 12.1 Å². The highest BCUT2D eigenvalue weighted by molar-refractivity contribution is 9.10. The minimum absolute atomic E-state index is 0.181. The van der Waals surface area contributed by atoms with Gasteiger partial charge >= 0.3 is 0 Å². The highest BCUT2D eigenvalue weighted by Gasteiger charge is 2.23. The van der Waals surface area contributed by atoms with Gasteiger partial charge in [-0.3, -0.25) is 0 Å². The first-order valence-electron chi connectivity index (χ1n) is 5.96. The molecule has 94 valence electrons. The van der Waals surface area contributed by atoms with Crippen LogP contribution in [0, 0.1) is 5.82 Å². The van der Waals surface area contributed by atoms with Crippen LogP contribution in [0.4, 0.5) is 4.39 Å². The standard InChI is InChI=1S/C13H16BrFO2/c14-10-8-9(15)6-7-12(10)17-13-5-3-1-2-4-11(13)16/h6-8,11,13,16H,1-5H2. The van der Waals surface area contributed by atoms with E-state index in [1.54, 1.807) is 6.07 Å². The molecule has 1 N–H and O–H groups in total. The molecule has 0 bridgehead atoms. The molecule has 1 saturated carbocycles. The van der Waals surface area contributed by atoms with Crippen LogP contribution in [-0.4, -0.2) is 17.3 Å². The number of benzene rings is 1. The van der Waals surface area contributed by atoms with Gasteiger partial charge < -0.3 is 9.84 Å². The molecule has 2 unspecified atom stereocenters. The molecule has 4 heteroatoms. The zero-order valence-electron chi connectivity index (χ0n) is 9.53. The van der Waals surface area contributed by atoms with E-state index in [0.717, 1.165) is 32.1 Å². The largest absolute Gasteiger partial charge is 0.487 e. The van der Waals surface area contributed by atoms with E-state index >= 15 is 0 Å². The third-order valence-corrected chi connectivity index (χ3v) is 3.71. The third kappa shape index (κ3) is 3.42. The summed E-state index contributed by atoms with van der Waals surface area (Å²) in [6.07, 6.45) is 4.29. The average Bonchev–Trinajstić information content (AvgIpc) is 2.48. The molecule has 0 aromatic heterocycles. The molecular formula is C13H16BrFO2. The third-order valence-electron chi connectivity index (χ3n) is 3.09. The molecule has 0 saturated heterocycles. The predicted molar refractivity (Wildman–Crippen MR) is 67.6 cm³/mol. The zero-order valence-corrected chi connectivity index (χ0v) is 11.1. The first-order valence-corrected chi connectivity index (χ1v) is 6.76. The van der Waals surface area contributed by atoms with Crippen LogP contribution in [0.1, 0.15) is 32.1 Å². The van der Waals surface area contributed by atoms with Crippen LogP contribution in [0.3, 0.4) is 0 Å². The average molecular weight is 303 g/mol. The van der Waals surface area contributed by atoms with Crippen LogP contribution < -0.4 is 4.74 Å². The first-order chi connectivity index (χ1) is 8.16. The number of halogens is 2. The highest BCUT2D eigenvalue weighted by atomic mass is 79.9. The number of hydrogen-bond donors (Lipinski definition) is 1. The van der Waals surface area contributed by atoms with Crippen molar-refractivity contribution in [3.8, 4) is 5.75 Å². The molecule has 0 radical (unpaired) electrons. The number of aliphatic hydroxyl groups excluding tert-OH is 1. The van der Waals surface area contributed by atoms with E-state index < -0.39 is 6.10 Å². The fourth-order valence-corrected chi connectivity index (χ4v) is 2.57. The number of ether oxygens (including phenoxy) is 1. The molecule has 2 nitrogen and oxygen atoms in total. The van der Waals surface area contributed by atoms with Gasteiger partial charge in [-0.25, -0.2) is 4.39 Å². The van der Waals surface area contributed by atoms with Crippen LogP contribution in [0.5, 0.6) is 5.75 Å². The van der Waals surface area contributed by atoms with E-state index in [2.05, 4.69) is 15.9 Å². The molecular weight excluding hydrogens is 287 g/mol. The summed E-state index contributed by atoms with van der Waals surface area (Å²) in [5, 5.41) is 9.94. The van der Waals surface area contributed by atoms with E-state index in [9.17, 15) is 9.50 Å². The Bertz CT molecular complexity index is 384. The second-order valence-corrected chi connectivity index (χ2v) is 5.29. The lowest BCUT2D eigenvalue weighted by atomic mass is 10.1. The van der Waals surface area contributed by atoms with Crippen molar-refractivity contribution in [2.45, 2.75) is 44.3 Å². The van der Waals surface area contributed by atoms with Gasteiger partial charge in [-0.1, -0.05) is 12.8 Å². The van der Waals surface area contributed by atoms with E-state index in [4.69, 9.17) is 4.74 Å². The molecule has 2 atom stereocenters. The van der Waals surface area contributed by atoms with Crippen molar-refractivity contribution in [3.63, 3.8) is 0 Å². The zero-order chi connectivity index (χ0) is 12.3. The molecule has 0 spiro atoms. The Labute approximate surface area is 109 Å². The van der Waals surface area contributed by atoms with Crippen molar-refractivity contribution in [1.82, 2.24) is 0 Å². The summed E-state index contributed by atoms with van der Waals surface area (Å²) in [5.41, 5.74) is 0. The molecule has 1 aliphatic carbocycles. The summed E-state index contributed by atoms with van der Waals surface area (Å²) in [6.45, 7) is 0. The Morgan fingerprint density at radius 1 is 1.24 bits per heavy atom. The van der Waals surface area contributed by atoms with Gasteiger partial charge in [-0.2, -0.15) is 0 Å². The van der Waals surface area contributed by atoms with Gasteiger partial charge in [-0.15, -0.1) is 0 Å². The maximum atomic E-state index is 12.9. The quantitative estimate of drug-likeness (QED) is 0.845. The lowest BCUT2D eigenvalue weighted by molar-refractivity contribution is 0.0315. The maximum Gasteiger partial charge on any atom is 0.134 e. The fraction of sp³-hybridized carbons (Fsp3) is 0.538. The van der Waals surface area contributed by atoms with Crippen LogP contribution in [0.2, 0.25) is 0 Å². The molecule has 1 fully saturated rings. The second-order valence-electron chi connectivity index (χ2n) is 4.44. The predicted octanol–water partition coefficient (Wildman–Crippen LogP) is 3.66. The van der Waals surface area contributed by atoms with E-state index in [0.29, 0.717) is 10.2 Å². The Morgan fingerprint density at radius 2 is 2.00 bits per heavy atom. The Kier molecular flexibility index (Phi) is 4.40. The lowest BCUT2D eigenvalue weighted by Gasteiger charge is -2.22. The summed E-state index contributed by atoms with van der Waals surface area (Å²) in [7, 11) is 0. The first kappa shape index (κ1) is 12.8. The van der Waals surface area contributed by atoms with Gasteiger partial charge in [-0.05, 0) is 53.4 Å². The molecule has 0 aliphatic heterocycles. The molecule has 0 heterocycles. The normalized spacial score (nSPS) is 25.4. The molecule has 17 heavy (non-hydrogen) atoms. The minimum atomic E-state index is -0.422. The smallest absolute Gasteiger partial charge is 0.134 e. The van der Waals surface area contributed by atoms with Crippen molar-refractivity contribution in [3.05, 3.63) is 28.5 Å². The van der Waals surface area contributed by atoms with Crippen LogP contribution >= 0.6 is 15.9 Å². The summed E-state index contributed by atoms with van der Waals surface area (Å²) in [6, 6.07) is 4.33. The molecule has 1 aromatic carbocycles. The topological polar surface area (TPSA) is 29.5 Å². The lowest BCUT2D eigenvalue weighted by Crippen LogP contribution is -2.30. The van der Waals surface area contributed by atoms with Crippen LogP contribution in [0.15, 0.2) is 22.7 Å². The van der Waals surface area contributed by atoms with E-state index in [-0.39, 0.29) is 11.9 Å². The SMILES string of the molecule is OC1CCCCCC1Oc1ccc(F)cc1Br. The number of hydrogen-bond acceptors (Lipinski definition) is 2. The molecule has 1 aromatic rings. The Morgan fingerprint density at radius 3 is 2.76 bits per heavy atom. The summed E-state index contributed by atoms with van der Waals surface area (Å²) in [5.74, 6) is 0.294. The summed E-state index contributed by atoms with van der Waals surface area (Å²) in [4.78, 5) is 0. The van der Waals surface area contributed by atoms with Gasteiger partial charge in [0.15, 0.2) is 0 Å². The molecule has 0 amide bonds. The van der Waals surface area contributed by atoms with Crippen molar-refractivity contribution in [2.24, 2.45) is 0 Å². The van der Waals surface area contributed by atoms with Crippen molar-refractivity contribution < 1.29 is 14.2 Å².